The Hall–Kier alpha value is -0.120. The largest absolute Gasteiger partial charge is 0.391 e. The summed E-state index contributed by atoms with van der Waals surface area (Å²) in [7, 11) is 0. The third kappa shape index (κ3) is 2.89. The lowest BCUT2D eigenvalue weighted by atomic mass is 9.68. The first-order valence-corrected chi connectivity index (χ1v) is 9.17. The number of ether oxygens (including phenoxy) is 1. The summed E-state index contributed by atoms with van der Waals surface area (Å²) < 4.78 is 6.05. The van der Waals surface area contributed by atoms with E-state index in [9.17, 15) is 5.11 Å². The van der Waals surface area contributed by atoms with Crippen LogP contribution in [0.15, 0.2) is 0 Å². The lowest BCUT2D eigenvalue weighted by Crippen LogP contribution is -2.60. The first-order valence-electron chi connectivity index (χ1n) is 9.17. The molecule has 3 nitrogen and oxygen atoms in total. The molecule has 2 aliphatic heterocycles. The smallest absolute Gasteiger partial charge is 0.0751 e. The number of aliphatic hydroxyl groups excluding tert-OH is 1. The van der Waals surface area contributed by atoms with Crippen LogP contribution in [0.25, 0.3) is 0 Å². The Morgan fingerprint density at radius 1 is 1.24 bits per heavy atom. The summed E-state index contributed by atoms with van der Waals surface area (Å²) in [4.78, 5) is 2.57. The molecule has 21 heavy (non-hydrogen) atoms. The highest BCUT2D eigenvalue weighted by atomic mass is 16.5. The van der Waals surface area contributed by atoms with Crippen molar-refractivity contribution in [2.75, 3.05) is 19.7 Å². The normalized spacial score (nSPS) is 34.1. The second kappa shape index (κ2) is 6.17. The van der Waals surface area contributed by atoms with Crippen LogP contribution in [0.1, 0.15) is 71.6 Å². The first kappa shape index (κ1) is 15.8. The van der Waals surface area contributed by atoms with Crippen LogP contribution in [-0.2, 0) is 4.74 Å². The summed E-state index contributed by atoms with van der Waals surface area (Å²) >= 11 is 0. The minimum Gasteiger partial charge on any atom is -0.391 e. The third-order valence-electron chi connectivity index (χ3n) is 6.67. The minimum absolute atomic E-state index is 0.0483. The van der Waals surface area contributed by atoms with E-state index >= 15 is 0 Å². The van der Waals surface area contributed by atoms with E-state index in [2.05, 4.69) is 18.7 Å². The lowest BCUT2D eigenvalue weighted by Gasteiger charge is -2.53. The highest BCUT2D eigenvalue weighted by Crippen LogP contribution is 2.47. The maximum absolute atomic E-state index is 11.2. The summed E-state index contributed by atoms with van der Waals surface area (Å²) in [6.45, 7) is 7.72. The Balaban J connectivity index is 1.69. The molecule has 122 valence electrons. The molecule has 3 atom stereocenters. The van der Waals surface area contributed by atoms with Gasteiger partial charge < -0.3 is 9.84 Å². The Bertz CT molecular complexity index is 349. The van der Waals surface area contributed by atoms with Gasteiger partial charge in [-0.2, -0.15) is 0 Å². The van der Waals surface area contributed by atoms with Crippen LogP contribution in [0.3, 0.4) is 0 Å². The fourth-order valence-electron chi connectivity index (χ4n) is 4.79. The van der Waals surface area contributed by atoms with Crippen molar-refractivity contribution in [3.05, 3.63) is 0 Å². The molecule has 3 unspecified atom stereocenters. The number of hydrogen-bond donors (Lipinski definition) is 1. The summed E-state index contributed by atoms with van der Waals surface area (Å²) in [5, 5.41) is 11.2. The Kier molecular flexibility index (Phi) is 4.63. The molecule has 2 heterocycles. The van der Waals surface area contributed by atoms with Crippen LogP contribution in [0.2, 0.25) is 0 Å². The van der Waals surface area contributed by atoms with Crippen LogP contribution in [-0.4, -0.2) is 46.9 Å². The number of hydrogen-bond acceptors (Lipinski definition) is 3. The second-order valence-electron chi connectivity index (χ2n) is 7.84. The summed E-state index contributed by atoms with van der Waals surface area (Å²) in [5.41, 5.74) is 0.0911. The fraction of sp³-hybridized carbons (Fsp3) is 1.00. The van der Waals surface area contributed by atoms with Gasteiger partial charge in [0, 0.05) is 12.1 Å². The van der Waals surface area contributed by atoms with Gasteiger partial charge in [-0.1, -0.05) is 13.3 Å². The molecule has 0 aromatic heterocycles. The van der Waals surface area contributed by atoms with Crippen LogP contribution in [0.4, 0.5) is 0 Å². The number of aliphatic hydroxyl groups is 1. The minimum atomic E-state index is -0.207. The predicted octanol–water partition coefficient (Wildman–Crippen LogP) is 3.35. The van der Waals surface area contributed by atoms with Crippen LogP contribution < -0.4 is 0 Å². The zero-order valence-electron chi connectivity index (χ0n) is 13.9. The van der Waals surface area contributed by atoms with Crippen LogP contribution >= 0.6 is 0 Å². The first-order chi connectivity index (χ1) is 10.1. The number of rotatable bonds is 4. The summed E-state index contributed by atoms with van der Waals surface area (Å²) in [6.07, 6.45) is 10.6. The topological polar surface area (TPSA) is 32.7 Å². The molecule has 3 heteroatoms. The molecule has 0 aromatic carbocycles. The van der Waals surface area contributed by atoms with Gasteiger partial charge in [-0.25, -0.2) is 0 Å². The molecule has 0 amide bonds. The molecule has 3 fully saturated rings. The second-order valence-corrected chi connectivity index (χ2v) is 7.84. The molecule has 1 spiro atoms. The summed E-state index contributed by atoms with van der Waals surface area (Å²) in [5.74, 6) is 0.422. The average molecular weight is 295 g/mol. The molecule has 3 rings (SSSR count). The molecule has 0 bridgehead atoms. The van der Waals surface area contributed by atoms with E-state index in [1.807, 2.05) is 0 Å². The molecular formula is C18H33NO2. The number of nitrogens with zero attached hydrogens (tertiary/aromatic N) is 1. The average Bonchev–Trinajstić information content (AvgIpc) is 2.53. The lowest BCUT2D eigenvalue weighted by molar-refractivity contribution is -0.172. The molecule has 1 N–H and O–H groups in total. The van der Waals surface area contributed by atoms with Crippen LogP contribution in [0.5, 0.6) is 0 Å². The standard InChI is InChI=1S/C18H33NO2/c1-3-17(2,19-11-5-4-6-12-19)16(20)15-8-13-21-18(14-15)9-7-10-18/h15-16,20H,3-14H2,1-2H3. The molecular weight excluding hydrogens is 262 g/mol. The van der Waals surface area contributed by atoms with Gasteiger partial charge in [-0.3, -0.25) is 4.90 Å². The quantitative estimate of drug-likeness (QED) is 0.863. The van der Waals surface area contributed by atoms with Crippen molar-refractivity contribution in [2.45, 2.75) is 88.9 Å². The van der Waals surface area contributed by atoms with Crippen molar-refractivity contribution in [2.24, 2.45) is 5.92 Å². The van der Waals surface area contributed by atoms with E-state index in [1.54, 1.807) is 0 Å². The monoisotopic (exact) mass is 295 g/mol. The highest BCUT2D eigenvalue weighted by molar-refractivity contribution is 5.01. The number of likely N-dealkylation sites (tertiary alicyclic amines) is 1. The zero-order chi connectivity index (χ0) is 14.9. The number of piperidine rings is 1. The SMILES string of the molecule is CCC(C)(C(O)C1CCOC2(CCC2)C1)N1CCCCC1. The Labute approximate surface area is 130 Å². The fourth-order valence-corrected chi connectivity index (χ4v) is 4.79. The van der Waals surface area contributed by atoms with Crippen molar-refractivity contribution in [3.8, 4) is 0 Å². The molecule has 1 saturated carbocycles. The third-order valence-corrected chi connectivity index (χ3v) is 6.67. The summed E-state index contributed by atoms with van der Waals surface area (Å²) in [6, 6.07) is 0. The molecule has 1 aliphatic carbocycles. The predicted molar refractivity (Wildman–Crippen MR) is 85.4 cm³/mol. The van der Waals surface area contributed by atoms with Crippen molar-refractivity contribution in [1.29, 1.82) is 0 Å². The van der Waals surface area contributed by atoms with E-state index in [4.69, 9.17) is 4.74 Å². The maximum Gasteiger partial charge on any atom is 0.0751 e. The van der Waals surface area contributed by atoms with Crippen molar-refractivity contribution in [1.82, 2.24) is 4.90 Å². The Morgan fingerprint density at radius 3 is 2.52 bits per heavy atom. The zero-order valence-corrected chi connectivity index (χ0v) is 13.9. The van der Waals surface area contributed by atoms with E-state index in [0.717, 1.165) is 39.0 Å². The van der Waals surface area contributed by atoms with Crippen molar-refractivity contribution >= 4 is 0 Å². The van der Waals surface area contributed by atoms with Gasteiger partial charge in [-0.05, 0) is 77.3 Å². The van der Waals surface area contributed by atoms with E-state index in [0.29, 0.717) is 5.92 Å². The van der Waals surface area contributed by atoms with E-state index in [-0.39, 0.29) is 17.2 Å². The van der Waals surface area contributed by atoms with Gasteiger partial charge >= 0.3 is 0 Å². The van der Waals surface area contributed by atoms with Gasteiger partial charge in [0.1, 0.15) is 0 Å². The molecule has 3 aliphatic rings. The van der Waals surface area contributed by atoms with Gasteiger partial charge in [0.2, 0.25) is 0 Å². The van der Waals surface area contributed by atoms with Crippen molar-refractivity contribution in [3.63, 3.8) is 0 Å². The molecule has 0 aromatic rings. The molecule has 2 saturated heterocycles. The van der Waals surface area contributed by atoms with Crippen molar-refractivity contribution < 1.29 is 9.84 Å². The van der Waals surface area contributed by atoms with Crippen LogP contribution in [0, 0.1) is 5.92 Å². The van der Waals surface area contributed by atoms with Gasteiger partial charge in [0.15, 0.2) is 0 Å². The van der Waals surface area contributed by atoms with Gasteiger partial charge in [0.05, 0.1) is 11.7 Å². The molecule has 0 radical (unpaired) electrons. The maximum atomic E-state index is 11.2. The van der Waals surface area contributed by atoms with Gasteiger partial charge in [0.25, 0.3) is 0 Å². The van der Waals surface area contributed by atoms with E-state index < -0.39 is 0 Å². The van der Waals surface area contributed by atoms with Gasteiger partial charge in [-0.15, -0.1) is 0 Å². The Morgan fingerprint density at radius 2 is 1.95 bits per heavy atom. The highest BCUT2D eigenvalue weighted by Gasteiger charge is 2.48. The van der Waals surface area contributed by atoms with E-state index in [1.165, 1.54) is 38.5 Å².